The monoisotopic (exact) mass is 790 g/mol. The Labute approximate surface area is 336 Å². The second-order valence-electron chi connectivity index (χ2n) is 17.1. The number of hydrogen-bond acceptors (Lipinski definition) is 7. The minimum Gasteiger partial charge on any atom is -0.756 e. The first-order valence-electron chi connectivity index (χ1n) is 23.3. The number of hydrogen-bond donors (Lipinski definition) is 0. The van der Waals surface area contributed by atoms with Gasteiger partial charge in [0.05, 0.1) is 34.4 Å². The van der Waals surface area contributed by atoms with E-state index in [0.717, 1.165) is 32.1 Å². The van der Waals surface area contributed by atoms with Crippen LogP contribution in [0.2, 0.25) is 0 Å². The van der Waals surface area contributed by atoms with E-state index in [1.807, 2.05) is 21.1 Å². The third kappa shape index (κ3) is 42.6. The molecule has 0 amide bonds. The molecule has 8 nitrogen and oxygen atoms in total. The van der Waals surface area contributed by atoms with Gasteiger partial charge in [0.25, 0.3) is 7.82 Å². The van der Waals surface area contributed by atoms with Crippen molar-refractivity contribution in [1.29, 1.82) is 0 Å². The Morgan fingerprint density at radius 2 is 0.852 bits per heavy atom. The lowest BCUT2D eigenvalue weighted by molar-refractivity contribution is -0.870. The molecule has 0 aromatic rings. The number of phosphoric acid groups is 1. The Kier molecular flexibility index (Phi) is 39.0. The van der Waals surface area contributed by atoms with Crippen molar-refractivity contribution >= 4 is 13.8 Å². The number of ether oxygens (including phenoxy) is 2. The van der Waals surface area contributed by atoms with Crippen LogP contribution in [-0.2, 0) is 27.9 Å². The molecule has 2 atom stereocenters. The number of quaternary nitrogens is 1. The van der Waals surface area contributed by atoms with Crippen molar-refractivity contribution in [2.45, 2.75) is 232 Å². The normalized spacial score (nSPS) is 13.7. The van der Waals surface area contributed by atoms with Crippen LogP contribution in [0.25, 0.3) is 0 Å². The van der Waals surface area contributed by atoms with E-state index in [4.69, 9.17) is 18.5 Å². The van der Waals surface area contributed by atoms with E-state index in [1.165, 1.54) is 173 Å². The van der Waals surface area contributed by atoms with Gasteiger partial charge >= 0.3 is 5.97 Å². The van der Waals surface area contributed by atoms with Crippen LogP contribution in [0.4, 0.5) is 0 Å². The number of unbranched alkanes of at least 4 members (excludes halogenated alkanes) is 30. The summed E-state index contributed by atoms with van der Waals surface area (Å²) in [5.74, 6) is -0.328. The molecule has 54 heavy (non-hydrogen) atoms. The van der Waals surface area contributed by atoms with E-state index in [0.29, 0.717) is 24.1 Å². The molecule has 0 aromatic carbocycles. The molecule has 0 spiro atoms. The maximum Gasteiger partial charge on any atom is 0.306 e. The highest BCUT2D eigenvalue weighted by Gasteiger charge is 2.20. The Bertz CT molecular complexity index is 837. The zero-order valence-electron chi connectivity index (χ0n) is 36.7. The second kappa shape index (κ2) is 39.3. The van der Waals surface area contributed by atoms with E-state index in [9.17, 15) is 14.3 Å². The average Bonchev–Trinajstić information content (AvgIpc) is 3.12. The lowest BCUT2D eigenvalue weighted by Crippen LogP contribution is -2.37. The maximum atomic E-state index is 12.7. The molecule has 324 valence electrons. The highest BCUT2D eigenvalue weighted by Crippen LogP contribution is 2.38. The number of esters is 1. The van der Waals surface area contributed by atoms with Crippen molar-refractivity contribution in [3.63, 3.8) is 0 Å². The third-order valence-electron chi connectivity index (χ3n) is 10.4. The molecule has 0 aliphatic rings. The van der Waals surface area contributed by atoms with Gasteiger partial charge in [-0.1, -0.05) is 206 Å². The number of phosphoric ester groups is 1. The summed E-state index contributed by atoms with van der Waals surface area (Å²) in [7, 11) is 1.37. The standard InChI is InChI=1S/C45H92NO7P/c1-6-8-10-12-14-16-18-19-20-21-22-23-24-25-26-27-28-29-30-32-34-36-38-45(47)53-44(43-52-54(48,49)51-41-39-46(3,4)5)42-50-40-37-35-33-31-17-15-13-11-9-7-2/h44H,6-43H2,1-5H3. The van der Waals surface area contributed by atoms with Gasteiger partial charge in [-0.25, -0.2) is 0 Å². The Hall–Kier alpha value is -0.500. The minimum absolute atomic E-state index is 0.0312. The Morgan fingerprint density at radius 1 is 0.500 bits per heavy atom. The fourth-order valence-corrected chi connectivity index (χ4v) is 7.51. The molecule has 2 unspecified atom stereocenters. The second-order valence-corrected chi connectivity index (χ2v) is 18.5. The Balaban J connectivity index is 4.04. The van der Waals surface area contributed by atoms with Gasteiger partial charge in [-0.15, -0.1) is 0 Å². The summed E-state index contributed by atoms with van der Waals surface area (Å²) in [5.41, 5.74) is 0. The summed E-state index contributed by atoms with van der Waals surface area (Å²) < 4.78 is 34.6. The molecule has 0 aliphatic heterocycles. The van der Waals surface area contributed by atoms with Crippen LogP contribution in [0, 0.1) is 0 Å². The van der Waals surface area contributed by atoms with Crippen LogP contribution < -0.4 is 4.89 Å². The van der Waals surface area contributed by atoms with Crippen molar-refractivity contribution in [1.82, 2.24) is 0 Å². The van der Waals surface area contributed by atoms with E-state index in [1.54, 1.807) is 0 Å². The SMILES string of the molecule is CCCCCCCCCCCCCCCCCCCCCCCCC(=O)OC(COCCCCCCCCCCCC)COP(=O)([O-])OCC[N+](C)(C)C. The molecule has 0 heterocycles. The van der Waals surface area contributed by atoms with E-state index in [2.05, 4.69) is 13.8 Å². The molecule has 0 aliphatic carbocycles. The van der Waals surface area contributed by atoms with Gasteiger partial charge in [-0.2, -0.15) is 0 Å². The highest BCUT2D eigenvalue weighted by atomic mass is 31.2. The fraction of sp³-hybridized carbons (Fsp3) is 0.978. The van der Waals surface area contributed by atoms with E-state index in [-0.39, 0.29) is 25.8 Å². The van der Waals surface area contributed by atoms with Gasteiger partial charge in [0.2, 0.25) is 0 Å². The highest BCUT2D eigenvalue weighted by molar-refractivity contribution is 7.45. The molecular weight excluding hydrogens is 697 g/mol. The predicted molar refractivity (Wildman–Crippen MR) is 227 cm³/mol. The van der Waals surface area contributed by atoms with Gasteiger partial charge in [-0.05, 0) is 12.8 Å². The van der Waals surface area contributed by atoms with E-state index >= 15 is 0 Å². The number of carbonyl (C=O) groups is 1. The van der Waals surface area contributed by atoms with Crippen molar-refractivity contribution in [3.05, 3.63) is 0 Å². The summed E-state index contributed by atoms with van der Waals surface area (Å²) in [6.07, 6.45) is 41.2. The first-order valence-corrected chi connectivity index (χ1v) is 24.7. The zero-order chi connectivity index (χ0) is 39.9. The summed E-state index contributed by atoms with van der Waals surface area (Å²) in [6.45, 7) is 5.46. The lowest BCUT2D eigenvalue weighted by Gasteiger charge is -2.28. The molecule has 0 saturated heterocycles. The van der Waals surface area contributed by atoms with Gasteiger partial charge < -0.3 is 27.9 Å². The predicted octanol–water partition coefficient (Wildman–Crippen LogP) is 13.0. The molecule has 9 heteroatoms. The van der Waals surface area contributed by atoms with Crippen LogP contribution >= 0.6 is 7.82 Å². The molecule has 0 saturated carbocycles. The van der Waals surface area contributed by atoms with Crippen LogP contribution in [-0.4, -0.2) is 70.7 Å². The van der Waals surface area contributed by atoms with Gasteiger partial charge in [0, 0.05) is 13.0 Å². The maximum absolute atomic E-state index is 12.7. The first-order chi connectivity index (χ1) is 26.1. The zero-order valence-corrected chi connectivity index (χ0v) is 37.6. The number of rotatable bonds is 44. The van der Waals surface area contributed by atoms with Crippen molar-refractivity contribution in [2.75, 3.05) is 54.1 Å². The first kappa shape index (κ1) is 53.5. The molecule has 0 N–H and O–H groups in total. The average molecular weight is 790 g/mol. The lowest BCUT2D eigenvalue weighted by atomic mass is 10.0. The largest absolute Gasteiger partial charge is 0.756 e. The number of carbonyl (C=O) groups excluding carboxylic acids is 1. The number of nitrogens with zero attached hydrogens (tertiary/aromatic N) is 1. The summed E-state index contributed by atoms with van der Waals surface area (Å²) in [4.78, 5) is 25.0. The molecule has 0 fully saturated rings. The van der Waals surface area contributed by atoms with Gasteiger partial charge in [0.15, 0.2) is 0 Å². The quantitative estimate of drug-likeness (QED) is 0.0262. The minimum atomic E-state index is -4.51. The summed E-state index contributed by atoms with van der Waals surface area (Å²) in [6, 6.07) is 0. The van der Waals surface area contributed by atoms with Crippen LogP contribution in [0.3, 0.4) is 0 Å². The van der Waals surface area contributed by atoms with Gasteiger partial charge in [0.1, 0.15) is 19.3 Å². The third-order valence-corrected chi connectivity index (χ3v) is 11.4. The van der Waals surface area contributed by atoms with Crippen molar-refractivity contribution in [3.8, 4) is 0 Å². The molecule has 0 rings (SSSR count). The van der Waals surface area contributed by atoms with Crippen molar-refractivity contribution in [2.24, 2.45) is 0 Å². The summed E-state index contributed by atoms with van der Waals surface area (Å²) >= 11 is 0. The molecule has 0 radical (unpaired) electrons. The number of likely N-dealkylation sites (N-methyl/N-ethyl adjacent to an activating group) is 1. The van der Waals surface area contributed by atoms with E-state index < -0.39 is 13.9 Å². The molecule has 0 aromatic heterocycles. The smallest absolute Gasteiger partial charge is 0.306 e. The van der Waals surface area contributed by atoms with Crippen LogP contribution in [0.5, 0.6) is 0 Å². The molecule has 0 bridgehead atoms. The summed E-state index contributed by atoms with van der Waals surface area (Å²) in [5, 5.41) is 0. The van der Waals surface area contributed by atoms with Gasteiger partial charge in [-0.3, -0.25) is 9.36 Å². The fourth-order valence-electron chi connectivity index (χ4n) is 6.78. The van der Waals surface area contributed by atoms with Crippen LogP contribution in [0.1, 0.15) is 226 Å². The topological polar surface area (TPSA) is 94.1 Å². The molecular formula is C45H92NO7P. The Morgan fingerprint density at radius 3 is 1.22 bits per heavy atom. The van der Waals surface area contributed by atoms with Crippen LogP contribution in [0.15, 0.2) is 0 Å². The van der Waals surface area contributed by atoms with Crippen molar-refractivity contribution < 1.29 is 37.3 Å².